The maximum absolute atomic E-state index is 13.4. The molecular formula is C27H25N3O5S. The van der Waals surface area contributed by atoms with E-state index in [4.69, 9.17) is 19.2 Å². The molecule has 0 bridgehead atoms. The number of amidine groups is 1. The van der Waals surface area contributed by atoms with E-state index in [0.717, 1.165) is 11.3 Å². The molecule has 1 fully saturated rings. The molecule has 1 atom stereocenters. The first-order valence-electron chi connectivity index (χ1n) is 11.6. The topological polar surface area (TPSA) is 89.5 Å². The zero-order chi connectivity index (χ0) is 24.9. The second kappa shape index (κ2) is 10.7. The summed E-state index contributed by atoms with van der Waals surface area (Å²) in [4.78, 5) is 32.5. The summed E-state index contributed by atoms with van der Waals surface area (Å²) in [6.07, 6.45) is 0.0400. The first kappa shape index (κ1) is 23.7. The summed E-state index contributed by atoms with van der Waals surface area (Å²) >= 11 is 1.30. The molecule has 0 unspecified atom stereocenters. The molecule has 0 saturated carbocycles. The van der Waals surface area contributed by atoms with E-state index in [1.165, 1.54) is 11.8 Å². The van der Waals surface area contributed by atoms with Crippen LogP contribution in [0.5, 0.6) is 17.2 Å². The molecule has 2 aliphatic heterocycles. The molecule has 3 aromatic carbocycles. The second-order valence-electron chi connectivity index (χ2n) is 8.16. The molecule has 0 radical (unpaired) electrons. The third-order valence-electron chi connectivity index (χ3n) is 5.60. The lowest BCUT2D eigenvalue weighted by Crippen LogP contribution is -2.33. The van der Waals surface area contributed by atoms with Crippen molar-refractivity contribution >= 4 is 40.1 Å². The number of amides is 2. The van der Waals surface area contributed by atoms with Gasteiger partial charge in [0.15, 0.2) is 16.7 Å². The number of anilines is 1. The molecule has 184 valence electrons. The van der Waals surface area contributed by atoms with E-state index >= 15 is 0 Å². The quantitative estimate of drug-likeness (QED) is 0.467. The predicted molar refractivity (Wildman–Crippen MR) is 139 cm³/mol. The van der Waals surface area contributed by atoms with Crippen LogP contribution in [0.25, 0.3) is 0 Å². The first-order valence-corrected chi connectivity index (χ1v) is 12.5. The number of aliphatic imine (C=N–C) groups is 1. The molecule has 3 aromatic rings. The molecule has 9 heteroatoms. The molecule has 2 amide bonds. The lowest BCUT2D eigenvalue weighted by molar-refractivity contribution is -0.128. The van der Waals surface area contributed by atoms with Crippen LogP contribution >= 0.6 is 11.8 Å². The SMILES string of the molecule is CCOc1ccc(N=C2S[C@@H](CC(=O)Nc3ccccc3)C(=O)N2Cc2ccc3c(c2)OCO3)cc1. The molecule has 1 N–H and O–H groups in total. The van der Waals surface area contributed by atoms with Gasteiger partial charge >= 0.3 is 0 Å². The number of nitrogens with zero attached hydrogens (tertiary/aromatic N) is 2. The van der Waals surface area contributed by atoms with Crippen LogP contribution in [0, 0.1) is 0 Å². The van der Waals surface area contributed by atoms with Crippen molar-refractivity contribution in [1.29, 1.82) is 0 Å². The monoisotopic (exact) mass is 503 g/mol. The summed E-state index contributed by atoms with van der Waals surface area (Å²) < 4.78 is 16.4. The standard InChI is InChI=1S/C27H25N3O5S/c1-2-33-21-11-9-20(10-12-21)29-27-30(16-18-8-13-22-23(14-18)35-17-34-22)26(32)24(36-27)15-25(31)28-19-6-4-3-5-7-19/h3-14,24H,2,15-17H2,1H3,(H,28,31)/t24-/m0/s1. The summed E-state index contributed by atoms with van der Waals surface area (Å²) in [5, 5.41) is 2.82. The minimum absolute atomic E-state index is 0.0400. The predicted octanol–water partition coefficient (Wildman–Crippen LogP) is 4.97. The van der Waals surface area contributed by atoms with E-state index in [0.29, 0.717) is 41.2 Å². The van der Waals surface area contributed by atoms with E-state index in [2.05, 4.69) is 5.32 Å². The van der Waals surface area contributed by atoms with Crippen LogP contribution in [-0.4, -0.2) is 40.5 Å². The Bertz CT molecular complexity index is 1280. The third-order valence-corrected chi connectivity index (χ3v) is 6.77. The number of hydrogen-bond donors (Lipinski definition) is 1. The van der Waals surface area contributed by atoms with E-state index in [1.54, 1.807) is 4.90 Å². The molecule has 2 heterocycles. The van der Waals surface area contributed by atoms with Crippen LogP contribution in [0.4, 0.5) is 11.4 Å². The van der Waals surface area contributed by atoms with Crippen LogP contribution < -0.4 is 19.5 Å². The van der Waals surface area contributed by atoms with Crippen molar-refractivity contribution in [2.45, 2.75) is 25.1 Å². The molecule has 5 rings (SSSR count). The van der Waals surface area contributed by atoms with E-state index in [1.807, 2.05) is 79.7 Å². The number of fused-ring (bicyclic) bond motifs is 1. The zero-order valence-corrected chi connectivity index (χ0v) is 20.5. The highest BCUT2D eigenvalue weighted by molar-refractivity contribution is 8.15. The van der Waals surface area contributed by atoms with Crippen molar-refractivity contribution in [1.82, 2.24) is 4.90 Å². The van der Waals surface area contributed by atoms with Gasteiger partial charge in [-0.1, -0.05) is 36.0 Å². The number of hydrogen-bond acceptors (Lipinski definition) is 7. The number of para-hydroxylation sites is 1. The van der Waals surface area contributed by atoms with Gasteiger partial charge in [0.05, 0.1) is 18.8 Å². The Labute approximate surface area is 213 Å². The minimum Gasteiger partial charge on any atom is -0.494 e. The van der Waals surface area contributed by atoms with Crippen LogP contribution in [0.3, 0.4) is 0 Å². The number of thioether (sulfide) groups is 1. The number of carbonyl (C=O) groups is 2. The second-order valence-corrected chi connectivity index (χ2v) is 9.33. The van der Waals surface area contributed by atoms with Crippen molar-refractivity contribution in [3.05, 3.63) is 78.4 Å². The van der Waals surface area contributed by atoms with Gasteiger partial charge in [0, 0.05) is 12.1 Å². The maximum Gasteiger partial charge on any atom is 0.242 e. The van der Waals surface area contributed by atoms with Gasteiger partial charge in [0.2, 0.25) is 18.6 Å². The highest BCUT2D eigenvalue weighted by atomic mass is 32.2. The summed E-state index contributed by atoms with van der Waals surface area (Å²) in [5.41, 5.74) is 2.26. The van der Waals surface area contributed by atoms with Crippen LogP contribution in [0.15, 0.2) is 77.8 Å². The van der Waals surface area contributed by atoms with Gasteiger partial charge in [-0.3, -0.25) is 14.5 Å². The molecule has 0 aliphatic carbocycles. The van der Waals surface area contributed by atoms with Gasteiger partial charge in [0.25, 0.3) is 0 Å². The molecular weight excluding hydrogens is 478 g/mol. The van der Waals surface area contributed by atoms with Crippen molar-refractivity contribution in [2.75, 3.05) is 18.7 Å². The molecule has 0 aromatic heterocycles. The zero-order valence-electron chi connectivity index (χ0n) is 19.7. The fourth-order valence-electron chi connectivity index (χ4n) is 3.89. The van der Waals surface area contributed by atoms with Crippen molar-refractivity contribution in [2.24, 2.45) is 4.99 Å². The van der Waals surface area contributed by atoms with Crippen molar-refractivity contribution in [3.8, 4) is 17.2 Å². The Morgan fingerprint density at radius 3 is 2.64 bits per heavy atom. The molecule has 2 aliphatic rings. The van der Waals surface area contributed by atoms with Crippen molar-refractivity contribution < 1.29 is 23.8 Å². The van der Waals surface area contributed by atoms with Crippen LogP contribution in [-0.2, 0) is 16.1 Å². The Morgan fingerprint density at radius 2 is 1.86 bits per heavy atom. The van der Waals surface area contributed by atoms with Crippen LogP contribution in [0.2, 0.25) is 0 Å². The smallest absolute Gasteiger partial charge is 0.242 e. The largest absolute Gasteiger partial charge is 0.494 e. The van der Waals surface area contributed by atoms with E-state index in [9.17, 15) is 9.59 Å². The Kier molecular flexibility index (Phi) is 7.08. The number of benzene rings is 3. The van der Waals surface area contributed by atoms with Gasteiger partial charge in [-0.2, -0.15) is 0 Å². The van der Waals surface area contributed by atoms with Gasteiger partial charge < -0.3 is 19.5 Å². The van der Waals surface area contributed by atoms with Gasteiger partial charge in [-0.15, -0.1) is 0 Å². The lowest BCUT2D eigenvalue weighted by Gasteiger charge is -2.17. The average molecular weight is 504 g/mol. The number of rotatable bonds is 8. The average Bonchev–Trinajstić information content (AvgIpc) is 3.46. The Balaban J connectivity index is 1.37. The lowest BCUT2D eigenvalue weighted by atomic mass is 10.1. The third kappa shape index (κ3) is 5.46. The summed E-state index contributed by atoms with van der Waals surface area (Å²) in [5.74, 6) is 1.70. The number of carbonyl (C=O) groups excluding carboxylic acids is 2. The minimum atomic E-state index is -0.579. The molecule has 8 nitrogen and oxygen atoms in total. The number of ether oxygens (including phenoxy) is 3. The fraction of sp³-hybridized carbons (Fsp3) is 0.222. The Hall–Kier alpha value is -3.98. The number of nitrogens with one attached hydrogen (secondary N) is 1. The summed E-state index contributed by atoms with van der Waals surface area (Å²) in [6.45, 7) is 2.99. The summed E-state index contributed by atoms with van der Waals surface area (Å²) in [6, 6.07) is 22.2. The van der Waals surface area contributed by atoms with E-state index < -0.39 is 5.25 Å². The Morgan fingerprint density at radius 1 is 1.08 bits per heavy atom. The highest BCUT2D eigenvalue weighted by Gasteiger charge is 2.39. The molecule has 0 spiro atoms. The fourth-order valence-corrected chi connectivity index (χ4v) is 5.05. The maximum atomic E-state index is 13.4. The van der Waals surface area contributed by atoms with Crippen LogP contribution in [0.1, 0.15) is 18.9 Å². The van der Waals surface area contributed by atoms with Gasteiger partial charge in [-0.25, -0.2) is 4.99 Å². The summed E-state index contributed by atoms with van der Waals surface area (Å²) in [7, 11) is 0. The van der Waals surface area contributed by atoms with Gasteiger partial charge in [0.1, 0.15) is 11.0 Å². The highest BCUT2D eigenvalue weighted by Crippen LogP contribution is 2.36. The van der Waals surface area contributed by atoms with Crippen molar-refractivity contribution in [3.63, 3.8) is 0 Å². The molecule has 1 saturated heterocycles. The first-order chi connectivity index (χ1) is 17.6. The van der Waals surface area contributed by atoms with Gasteiger partial charge in [-0.05, 0) is 61.0 Å². The normalized spacial score (nSPS) is 17.5. The molecule has 36 heavy (non-hydrogen) atoms. The van der Waals surface area contributed by atoms with E-state index in [-0.39, 0.29) is 25.0 Å².